The topological polar surface area (TPSA) is 43.4 Å². The van der Waals surface area contributed by atoms with Gasteiger partial charge in [-0.2, -0.15) is 0 Å². The van der Waals surface area contributed by atoms with Gasteiger partial charge in [0.15, 0.2) is 0 Å². The minimum Gasteiger partial charge on any atom is -0.469 e. The van der Waals surface area contributed by atoms with Gasteiger partial charge in [-0.25, -0.2) is 0 Å². The Balaban J connectivity index is 2.21. The second kappa shape index (κ2) is 5.91. The number of esters is 1. The van der Waals surface area contributed by atoms with Crippen molar-refractivity contribution in [3.63, 3.8) is 0 Å². The van der Waals surface area contributed by atoms with Gasteiger partial charge >= 0.3 is 5.97 Å². The second-order valence-electron chi connectivity index (χ2n) is 5.93. The molecule has 1 aliphatic carbocycles. The van der Waals surface area contributed by atoms with Crippen molar-refractivity contribution in [1.82, 2.24) is 0 Å². The summed E-state index contributed by atoms with van der Waals surface area (Å²) in [5.41, 5.74) is 4.95. The number of hydrogen-bond acceptors (Lipinski definition) is 3. The summed E-state index contributed by atoms with van der Waals surface area (Å²) in [6.07, 6.45) is 3.79. The van der Waals surface area contributed by atoms with Crippen LogP contribution in [0.2, 0.25) is 0 Å². The largest absolute Gasteiger partial charge is 0.469 e. The highest BCUT2D eigenvalue weighted by atomic mass is 16.5. The van der Waals surface area contributed by atoms with Crippen molar-refractivity contribution in [3.05, 3.63) is 46.5 Å². The zero-order valence-electron chi connectivity index (χ0n) is 13.0. The van der Waals surface area contributed by atoms with Crippen molar-refractivity contribution in [1.29, 1.82) is 0 Å². The third-order valence-electron chi connectivity index (χ3n) is 4.85. The lowest BCUT2D eigenvalue weighted by Gasteiger charge is -2.18. The van der Waals surface area contributed by atoms with Crippen LogP contribution in [0.1, 0.15) is 41.0 Å². The van der Waals surface area contributed by atoms with Crippen LogP contribution in [-0.4, -0.2) is 19.4 Å². The molecule has 0 bridgehead atoms. The first-order chi connectivity index (χ1) is 10.7. The van der Waals surface area contributed by atoms with Crippen LogP contribution in [0.15, 0.2) is 24.3 Å². The lowest BCUT2D eigenvalue weighted by Crippen LogP contribution is -2.07. The molecule has 2 aromatic rings. The highest BCUT2D eigenvalue weighted by molar-refractivity contribution is 5.93. The first-order valence-corrected chi connectivity index (χ1v) is 7.70. The lowest BCUT2D eigenvalue weighted by molar-refractivity contribution is -0.141. The van der Waals surface area contributed by atoms with Crippen molar-refractivity contribution in [3.8, 4) is 0 Å². The number of aldehydes is 1. The Labute approximate surface area is 130 Å². The molecule has 1 aliphatic rings. The van der Waals surface area contributed by atoms with Gasteiger partial charge in [0, 0.05) is 6.42 Å². The molecule has 0 radical (unpaired) electrons. The summed E-state index contributed by atoms with van der Waals surface area (Å²) in [6, 6.07) is 8.22. The van der Waals surface area contributed by atoms with E-state index in [1.165, 1.54) is 29.2 Å². The molecule has 3 heteroatoms. The van der Waals surface area contributed by atoms with Crippen molar-refractivity contribution < 1.29 is 14.3 Å². The highest BCUT2D eigenvalue weighted by Crippen LogP contribution is 2.43. The molecule has 0 amide bonds. The third-order valence-corrected chi connectivity index (χ3v) is 4.85. The van der Waals surface area contributed by atoms with E-state index >= 15 is 0 Å². The standard InChI is InChI=1S/C19H20O3/c1-12-14(9-10-20)16-5-3-4-6-17(16)19-13(7-8-15(12)19)11-18(21)22-2/h3-6,10,13H,7-9,11H2,1-2H3. The molecule has 1 atom stereocenters. The Bertz CT molecular complexity index is 746. The van der Waals surface area contributed by atoms with Crippen molar-refractivity contribution in [2.24, 2.45) is 0 Å². The smallest absolute Gasteiger partial charge is 0.306 e. The Kier molecular flexibility index (Phi) is 3.97. The van der Waals surface area contributed by atoms with E-state index in [0.717, 1.165) is 30.1 Å². The van der Waals surface area contributed by atoms with Gasteiger partial charge < -0.3 is 9.53 Å². The van der Waals surface area contributed by atoms with Gasteiger partial charge in [0.2, 0.25) is 0 Å². The average molecular weight is 296 g/mol. The molecule has 0 aromatic heterocycles. The number of methoxy groups -OCH3 is 1. The number of benzene rings is 2. The minimum atomic E-state index is -0.156. The molecule has 1 unspecified atom stereocenters. The zero-order chi connectivity index (χ0) is 15.7. The van der Waals surface area contributed by atoms with Crippen molar-refractivity contribution in [2.45, 2.75) is 38.5 Å². The van der Waals surface area contributed by atoms with Crippen LogP contribution in [0, 0.1) is 6.92 Å². The third kappa shape index (κ3) is 2.31. The molecule has 3 rings (SSSR count). The van der Waals surface area contributed by atoms with E-state index in [1.54, 1.807) is 0 Å². The van der Waals surface area contributed by atoms with Crippen LogP contribution in [0.25, 0.3) is 10.8 Å². The van der Waals surface area contributed by atoms with E-state index < -0.39 is 0 Å². The maximum atomic E-state index is 11.7. The molecule has 22 heavy (non-hydrogen) atoms. The van der Waals surface area contributed by atoms with Crippen LogP contribution in [0.3, 0.4) is 0 Å². The van der Waals surface area contributed by atoms with Crippen LogP contribution in [0.5, 0.6) is 0 Å². The number of rotatable bonds is 4. The van der Waals surface area contributed by atoms with Crippen molar-refractivity contribution >= 4 is 23.0 Å². The fourth-order valence-electron chi connectivity index (χ4n) is 3.82. The molecule has 0 N–H and O–H groups in total. The molecule has 2 aromatic carbocycles. The predicted molar refractivity (Wildman–Crippen MR) is 86.1 cm³/mol. The Morgan fingerprint density at radius 3 is 2.73 bits per heavy atom. The van der Waals surface area contributed by atoms with Crippen LogP contribution < -0.4 is 0 Å². The van der Waals surface area contributed by atoms with E-state index in [0.29, 0.717) is 12.8 Å². The minimum absolute atomic E-state index is 0.156. The van der Waals surface area contributed by atoms with Crippen LogP contribution >= 0.6 is 0 Å². The highest BCUT2D eigenvalue weighted by Gasteiger charge is 2.29. The number of fused-ring (bicyclic) bond motifs is 3. The normalized spacial score (nSPS) is 16.5. The van der Waals surface area contributed by atoms with Gasteiger partial charge in [-0.05, 0) is 58.7 Å². The molecule has 114 valence electrons. The Morgan fingerprint density at radius 1 is 1.32 bits per heavy atom. The van der Waals surface area contributed by atoms with Crippen molar-refractivity contribution in [2.75, 3.05) is 7.11 Å². The quantitative estimate of drug-likeness (QED) is 0.641. The zero-order valence-corrected chi connectivity index (χ0v) is 13.0. The molecule has 0 saturated carbocycles. The van der Waals surface area contributed by atoms with E-state index in [1.807, 2.05) is 12.1 Å². The second-order valence-corrected chi connectivity index (χ2v) is 5.93. The van der Waals surface area contributed by atoms with Gasteiger partial charge in [-0.3, -0.25) is 4.79 Å². The molecule has 0 aliphatic heterocycles. The average Bonchev–Trinajstić information content (AvgIpc) is 2.95. The van der Waals surface area contributed by atoms with Gasteiger partial charge in [-0.1, -0.05) is 24.3 Å². The Morgan fingerprint density at radius 2 is 2.05 bits per heavy atom. The lowest BCUT2D eigenvalue weighted by atomic mass is 9.86. The molecule has 0 fully saturated rings. The predicted octanol–water partition coefficient (Wildman–Crippen LogP) is 3.48. The monoisotopic (exact) mass is 296 g/mol. The van der Waals surface area contributed by atoms with E-state index in [4.69, 9.17) is 4.74 Å². The fraction of sp³-hybridized carbons (Fsp3) is 0.368. The molecular formula is C19H20O3. The number of carbonyl (C=O) groups is 2. The summed E-state index contributed by atoms with van der Waals surface area (Å²) >= 11 is 0. The van der Waals surface area contributed by atoms with Gasteiger partial charge in [0.25, 0.3) is 0 Å². The molecule has 0 saturated heterocycles. The first kappa shape index (κ1) is 14.8. The summed E-state index contributed by atoms with van der Waals surface area (Å²) < 4.78 is 4.85. The molecular weight excluding hydrogens is 276 g/mol. The summed E-state index contributed by atoms with van der Waals surface area (Å²) in [6.45, 7) is 2.10. The summed E-state index contributed by atoms with van der Waals surface area (Å²) in [7, 11) is 1.44. The van der Waals surface area contributed by atoms with Gasteiger partial charge in [-0.15, -0.1) is 0 Å². The van der Waals surface area contributed by atoms with Gasteiger partial charge in [0.1, 0.15) is 6.29 Å². The van der Waals surface area contributed by atoms with E-state index in [9.17, 15) is 9.59 Å². The van der Waals surface area contributed by atoms with E-state index in [2.05, 4.69) is 19.1 Å². The maximum absolute atomic E-state index is 11.7. The number of carbonyl (C=O) groups excluding carboxylic acids is 2. The summed E-state index contributed by atoms with van der Waals surface area (Å²) in [4.78, 5) is 22.8. The van der Waals surface area contributed by atoms with Crippen LogP contribution in [-0.2, 0) is 27.2 Å². The molecule has 0 heterocycles. The Hall–Kier alpha value is -2.16. The summed E-state index contributed by atoms with van der Waals surface area (Å²) in [5.74, 6) is 0.0629. The van der Waals surface area contributed by atoms with Crippen LogP contribution in [0.4, 0.5) is 0 Å². The maximum Gasteiger partial charge on any atom is 0.306 e. The molecule has 3 nitrogen and oxygen atoms in total. The SMILES string of the molecule is COC(=O)CC1CCc2c(C)c(CC=O)c3ccccc3c21. The number of hydrogen-bond donors (Lipinski definition) is 0. The number of ether oxygens (including phenoxy) is 1. The summed E-state index contributed by atoms with van der Waals surface area (Å²) in [5, 5.41) is 2.33. The van der Waals surface area contributed by atoms with Gasteiger partial charge in [0.05, 0.1) is 13.5 Å². The fourth-order valence-corrected chi connectivity index (χ4v) is 3.82. The van der Waals surface area contributed by atoms with E-state index in [-0.39, 0.29) is 11.9 Å². The first-order valence-electron chi connectivity index (χ1n) is 7.70. The molecule has 0 spiro atoms.